The van der Waals surface area contributed by atoms with E-state index in [0.717, 1.165) is 46.0 Å². The molecule has 0 unspecified atom stereocenters. The first-order valence-corrected chi connectivity index (χ1v) is 12.0. The first-order valence-electron chi connectivity index (χ1n) is 9.70. The molecule has 2 heteroatoms. The summed E-state index contributed by atoms with van der Waals surface area (Å²) in [7, 11) is 4.57. The second-order valence-corrected chi connectivity index (χ2v) is 11.7. The van der Waals surface area contributed by atoms with Crippen molar-refractivity contribution in [3.05, 3.63) is 0 Å². The molecule has 2 saturated carbocycles. The van der Waals surface area contributed by atoms with Crippen LogP contribution in [0.1, 0.15) is 80.1 Å². The van der Waals surface area contributed by atoms with Gasteiger partial charge in [0.15, 0.2) is 0 Å². The summed E-state index contributed by atoms with van der Waals surface area (Å²) >= 11 is 0. The van der Waals surface area contributed by atoms with E-state index in [-0.39, 0.29) is 0 Å². The zero-order chi connectivity index (χ0) is 16.3. The van der Waals surface area contributed by atoms with E-state index in [1.165, 1.54) is 38.5 Å². The lowest BCUT2D eigenvalue weighted by Gasteiger charge is -2.40. The standard InChI is InChI=1S/C20H38S2/c1-13(2)17-9-7-15(5)11-19(17)21-22-20-12-16(6)8-10-18(20)14(3)4/h13-20H,7-12H2,1-6H3/t15-,16-,17+,18+,19-,20+/m1/s1. The van der Waals surface area contributed by atoms with Crippen LogP contribution in [0.3, 0.4) is 0 Å². The second-order valence-electron chi connectivity index (χ2n) is 8.92. The van der Waals surface area contributed by atoms with Crippen LogP contribution >= 0.6 is 21.6 Å². The van der Waals surface area contributed by atoms with Crippen LogP contribution in [0.4, 0.5) is 0 Å². The minimum absolute atomic E-state index is 0.858. The van der Waals surface area contributed by atoms with Gasteiger partial charge in [0.25, 0.3) is 0 Å². The van der Waals surface area contributed by atoms with E-state index >= 15 is 0 Å². The van der Waals surface area contributed by atoms with Gasteiger partial charge in [-0.15, -0.1) is 0 Å². The third-order valence-electron chi connectivity index (χ3n) is 6.23. The third kappa shape index (κ3) is 5.10. The van der Waals surface area contributed by atoms with Gasteiger partial charge in [-0.1, -0.05) is 76.0 Å². The van der Waals surface area contributed by atoms with E-state index in [2.05, 4.69) is 63.1 Å². The quantitative estimate of drug-likeness (QED) is 0.481. The van der Waals surface area contributed by atoms with E-state index < -0.39 is 0 Å². The largest absolute Gasteiger partial charge is 0.0901 e. The number of rotatable bonds is 5. The summed E-state index contributed by atoms with van der Waals surface area (Å²) in [6, 6.07) is 0. The fraction of sp³-hybridized carbons (Fsp3) is 1.00. The minimum atomic E-state index is 0.858. The molecule has 0 aromatic heterocycles. The molecule has 0 aromatic carbocycles. The average molecular weight is 343 g/mol. The molecule has 0 radical (unpaired) electrons. The molecule has 0 aromatic rings. The van der Waals surface area contributed by atoms with Crippen molar-refractivity contribution in [2.75, 3.05) is 0 Å². The third-order valence-corrected chi connectivity index (χ3v) is 9.73. The zero-order valence-electron chi connectivity index (χ0n) is 15.7. The predicted molar refractivity (Wildman–Crippen MR) is 105 cm³/mol. The first-order chi connectivity index (χ1) is 10.4. The summed E-state index contributed by atoms with van der Waals surface area (Å²) in [6.07, 6.45) is 8.75. The highest BCUT2D eigenvalue weighted by molar-refractivity contribution is 8.77. The summed E-state index contributed by atoms with van der Waals surface area (Å²) in [5, 5.41) is 1.80. The molecule has 6 atom stereocenters. The summed E-state index contributed by atoms with van der Waals surface area (Å²) in [5.41, 5.74) is 0. The van der Waals surface area contributed by atoms with Crippen molar-refractivity contribution in [2.45, 2.75) is 90.6 Å². The number of hydrogen-bond acceptors (Lipinski definition) is 2. The highest BCUT2D eigenvalue weighted by atomic mass is 33.1. The topological polar surface area (TPSA) is 0 Å². The van der Waals surface area contributed by atoms with Crippen molar-refractivity contribution < 1.29 is 0 Å². The maximum atomic E-state index is 2.47. The Morgan fingerprint density at radius 2 is 1.00 bits per heavy atom. The Balaban J connectivity index is 1.93. The van der Waals surface area contributed by atoms with Crippen molar-refractivity contribution in [2.24, 2.45) is 35.5 Å². The van der Waals surface area contributed by atoms with Gasteiger partial charge in [0.05, 0.1) is 0 Å². The van der Waals surface area contributed by atoms with Gasteiger partial charge in [0, 0.05) is 10.5 Å². The Bertz CT molecular complexity index is 294. The van der Waals surface area contributed by atoms with Crippen LogP contribution in [0.25, 0.3) is 0 Å². The molecule has 130 valence electrons. The Hall–Kier alpha value is 0.700. The van der Waals surface area contributed by atoms with E-state index in [9.17, 15) is 0 Å². The summed E-state index contributed by atoms with van der Waals surface area (Å²) in [6.45, 7) is 14.7. The molecule has 2 aliphatic carbocycles. The van der Waals surface area contributed by atoms with E-state index in [1.807, 2.05) is 0 Å². The zero-order valence-corrected chi connectivity index (χ0v) is 17.3. The van der Waals surface area contributed by atoms with E-state index in [0.29, 0.717) is 0 Å². The second kappa shape index (κ2) is 8.70. The van der Waals surface area contributed by atoms with E-state index in [4.69, 9.17) is 0 Å². The smallest absolute Gasteiger partial charge is 0.0184 e. The number of hydrogen-bond donors (Lipinski definition) is 0. The monoisotopic (exact) mass is 342 g/mol. The van der Waals surface area contributed by atoms with Gasteiger partial charge >= 0.3 is 0 Å². The molecule has 0 heterocycles. The Morgan fingerprint density at radius 1 is 0.636 bits per heavy atom. The van der Waals surface area contributed by atoms with Crippen LogP contribution in [0.15, 0.2) is 0 Å². The van der Waals surface area contributed by atoms with Gasteiger partial charge in [-0.2, -0.15) is 0 Å². The first kappa shape index (κ1) is 19.0. The van der Waals surface area contributed by atoms with E-state index in [1.54, 1.807) is 0 Å². The maximum Gasteiger partial charge on any atom is 0.0184 e. The Labute approximate surface area is 147 Å². The lowest BCUT2D eigenvalue weighted by atomic mass is 9.77. The van der Waals surface area contributed by atoms with Crippen LogP contribution in [-0.2, 0) is 0 Å². The van der Waals surface area contributed by atoms with Crippen molar-refractivity contribution in [3.63, 3.8) is 0 Å². The molecule has 0 nitrogen and oxygen atoms in total. The van der Waals surface area contributed by atoms with Gasteiger partial charge < -0.3 is 0 Å². The fourth-order valence-electron chi connectivity index (χ4n) is 4.59. The molecule has 0 saturated heterocycles. The Kier molecular flexibility index (Phi) is 7.52. The molecule has 0 amide bonds. The predicted octanol–water partition coefficient (Wildman–Crippen LogP) is 7.29. The molecule has 2 fully saturated rings. The molecule has 2 aliphatic rings. The van der Waals surface area contributed by atoms with Crippen LogP contribution in [0.2, 0.25) is 0 Å². The van der Waals surface area contributed by atoms with Crippen molar-refractivity contribution in [3.8, 4) is 0 Å². The van der Waals surface area contributed by atoms with Gasteiger partial charge in [0.2, 0.25) is 0 Å². The SMILES string of the molecule is CC(C)[C@@H]1CC[C@@H](C)C[C@@H]1SS[C@@H]1C[C@H](C)CC[C@H]1C(C)C. The normalized spacial score (nSPS) is 40.4. The summed E-state index contributed by atoms with van der Waals surface area (Å²) in [5.74, 6) is 5.51. The summed E-state index contributed by atoms with van der Waals surface area (Å²) in [4.78, 5) is 0. The van der Waals surface area contributed by atoms with Gasteiger partial charge in [-0.3, -0.25) is 0 Å². The molecular formula is C20H38S2. The molecule has 2 rings (SSSR count). The van der Waals surface area contributed by atoms with Gasteiger partial charge in [-0.25, -0.2) is 0 Å². The highest BCUT2D eigenvalue weighted by Gasteiger charge is 2.35. The molecule has 0 N–H and O–H groups in total. The average Bonchev–Trinajstić information content (AvgIpc) is 2.44. The maximum absolute atomic E-state index is 2.47. The van der Waals surface area contributed by atoms with Crippen LogP contribution in [-0.4, -0.2) is 10.5 Å². The van der Waals surface area contributed by atoms with Crippen LogP contribution in [0, 0.1) is 35.5 Å². The van der Waals surface area contributed by atoms with Gasteiger partial charge in [0.1, 0.15) is 0 Å². The molecule has 0 spiro atoms. The fourth-order valence-corrected chi connectivity index (χ4v) is 9.06. The lowest BCUT2D eigenvalue weighted by Crippen LogP contribution is -2.32. The highest BCUT2D eigenvalue weighted by Crippen LogP contribution is 2.50. The van der Waals surface area contributed by atoms with Gasteiger partial charge in [-0.05, 0) is 61.2 Å². The lowest BCUT2D eigenvalue weighted by molar-refractivity contribution is 0.243. The molecule has 22 heavy (non-hydrogen) atoms. The summed E-state index contributed by atoms with van der Waals surface area (Å²) < 4.78 is 0. The molecule has 0 aliphatic heterocycles. The van der Waals surface area contributed by atoms with Crippen LogP contribution in [0.5, 0.6) is 0 Å². The minimum Gasteiger partial charge on any atom is -0.0901 e. The Morgan fingerprint density at radius 3 is 1.32 bits per heavy atom. The van der Waals surface area contributed by atoms with Crippen molar-refractivity contribution in [1.29, 1.82) is 0 Å². The molecular weight excluding hydrogens is 304 g/mol. The molecule has 0 bridgehead atoms. The van der Waals surface area contributed by atoms with Crippen molar-refractivity contribution >= 4 is 21.6 Å². The van der Waals surface area contributed by atoms with Crippen LogP contribution < -0.4 is 0 Å². The van der Waals surface area contributed by atoms with Crippen molar-refractivity contribution in [1.82, 2.24) is 0 Å².